The Morgan fingerprint density at radius 2 is 2.16 bits per heavy atom. The molecular weight excluding hydrogens is 238 g/mol. The maximum Gasteiger partial charge on any atom is 0.137 e. The van der Waals surface area contributed by atoms with Crippen LogP contribution in [0.3, 0.4) is 0 Å². The largest absolute Gasteiger partial charge is 0.370 e. The standard InChI is InChI=1S/C16H29NO2/c1-5-13-6-7-15(18)14(8-13)10-17-9-12(2)19-16(3,4)11-17/h12-14H,5-11H2,1-4H3. The summed E-state index contributed by atoms with van der Waals surface area (Å²) in [6.45, 7) is 11.5. The van der Waals surface area contributed by atoms with Crippen molar-refractivity contribution in [2.45, 2.75) is 65.1 Å². The minimum absolute atomic E-state index is 0.0838. The molecule has 0 aromatic heterocycles. The van der Waals surface area contributed by atoms with Crippen LogP contribution in [-0.4, -0.2) is 42.0 Å². The van der Waals surface area contributed by atoms with Crippen LogP contribution in [0, 0.1) is 11.8 Å². The predicted molar refractivity (Wildman–Crippen MR) is 77.2 cm³/mol. The minimum atomic E-state index is -0.0838. The van der Waals surface area contributed by atoms with Crippen molar-refractivity contribution in [2.75, 3.05) is 19.6 Å². The van der Waals surface area contributed by atoms with E-state index in [0.717, 1.165) is 44.8 Å². The molecule has 0 radical (unpaired) electrons. The SMILES string of the molecule is CCC1CCC(=O)C(CN2CC(C)OC(C)(C)C2)C1. The summed E-state index contributed by atoms with van der Waals surface area (Å²) >= 11 is 0. The molecule has 3 nitrogen and oxygen atoms in total. The van der Waals surface area contributed by atoms with E-state index in [1.165, 1.54) is 6.42 Å². The monoisotopic (exact) mass is 267 g/mol. The van der Waals surface area contributed by atoms with Crippen molar-refractivity contribution in [3.63, 3.8) is 0 Å². The second-order valence-electron chi connectivity index (χ2n) is 7.09. The molecule has 0 amide bonds. The Kier molecular flexibility index (Phi) is 4.67. The van der Waals surface area contributed by atoms with E-state index in [2.05, 4.69) is 32.6 Å². The first kappa shape index (κ1) is 15.0. The lowest BCUT2D eigenvalue weighted by molar-refractivity contribution is -0.139. The Balaban J connectivity index is 1.93. The van der Waals surface area contributed by atoms with Crippen molar-refractivity contribution >= 4 is 5.78 Å². The number of carbonyl (C=O) groups excluding carboxylic acids is 1. The molecule has 1 aliphatic carbocycles. The van der Waals surface area contributed by atoms with E-state index in [9.17, 15) is 4.79 Å². The van der Waals surface area contributed by atoms with E-state index in [4.69, 9.17) is 4.74 Å². The molecular formula is C16H29NO2. The molecule has 2 rings (SSSR count). The van der Waals surface area contributed by atoms with Gasteiger partial charge in [0.25, 0.3) is 0 Å². The number of morpholine rings is 1. The molecule has 0 aromatic carbocycles. The number of rotatable bonds is 3. The first-order valence-electron chi connectivity index (χ1n) is 7.82. The summed E-state index contributed by atoms with van der Waals surface area (Å²) in [7, 11) is 0. The van der Waals surface area contributed by atoms with Crippen molar-refractivity contribution in [1.82, 2.24) is 4.90 Å². The molecule has 3 heteroatoms. The third kappa shape index (κ3) is 4.03. The maximum absolute atomic E-state index is 12.1. The molecule has 1 aliphatic heterocycles. The van der Waals surface area contributed by atoms with Crippen LogP contribution in [0.5, 0.6) is 0 Å². The third-order valence-corrected chi connectivity index (χ3v) is 4.57. The van der Waals surface area contributed by atoms with Crippen molar-refractivity contribution < 1.29 is 9.53 Å². The zero-order valence-electron chi connectivity index (χ0n) is 12.9. The Bertz CT molecular complexity index is 327. The average molecular weight is 267 g/mol. The molecule has 19 heavy (non-hydrogen) atoms. The van der Waals surface area contributed by atoms with Gasteiger partial charge in [0.1, 0.15) is 5.78 Å². The van der Waals surface area contributed by atoms with E-state index < -0.39 is 0 Å². The van der Waals surface area contributed by atoms with Crippen LogP contribution in [0.15, 0.2) is 0 Å². The smallest absolute Gasteiger partial charge is 0.137 e. The van der Waals surface area contributed by atoms with Crippen LogP contribution in [0.25, 0.3) is 0 Å². The van der Waals surface area contributed by atoms with Crippen LogP contribution in [0.4, 0.5) is 0 Å². The number of carbonyl (C=O) groups is 1. The van der Waals surface area contributed by atoms with Gasteiger partial charge in [0.2, 0.25) is 0 Å². The van der Waals surface area contributed by atoms with E-state index in [1.807, 2.05) is 0 Å². The molecule has 3 unspecified atom stereocenters. The summed E-state index contributed by atoms with van der Waals surface area (Å²) < 4.78 is 5.94. The predicted octanol–water partition coefficient (Wildman–Crippen LogP) is 2.88. The highest BCUT2D eigenvalue weighted by atomic mass is 16.5. The van der Waals surface area contributed by atoms with E-state index >= 15 is 0 Å². The van der Waals surface area contributed by atoms with Crippen LogP contribution >= 0.6 is 0 Å². The first-order chi connectivity index (χ1) is 8.89. The minimum Gasteiger partial charge on any atom is -0.370 e. The quantitative estimate of drug-likeness (QED) is 0.787. The summed E-state index contributed by atoms with van der Waals surface area (Å²) in [6.07, 6.45) is 4.49. The normalized spacial score (nSPS) is 36.4. The second-order valence-corrected chi connectivity index (χ2v) is 7.09. The van der Waals surface area contributed by atoms with Crippen LogP contribution in [0.2, 0.25) is 0 Å². The van der Waals surface area contributed by atoms with E-state index in [-0.39, 0.29) is 17.6 Å². The number of nitrogens with zero attached hydrogens (tertiary/aromatic N) is 1. The summed E-state index contributed by atoms with van der Waals surface area (Å²) in [6, 6.07) is 0. The number of hydrogen-bond donors (Lipinski definition) is 0. The summed E-state index contributed by atoms with van der Waals surface area (Å²) in [5.41, 5.74) is -0.0838. The lowest BCUT2D eigenvalue weighted by atomic mass is 9.79. The number of hydrogen-bond acceptors (Lipinski definition) is 3. The Morgan fingerprint density at radius 3 is 2.79 bits per heavy atom. The van der Waals surface area contributed by atoms with Crippen molar-refractivity contribution in [3.8, 4) is 0 Å². The third-order valence-electron chi connectivity index (χ3n) is 4.57. The van der Waals surface area contributed by atoms with Crippen LogP contribution in [-0.2, 0) is 9.53 Å². The zero-order valence-corrected chi connectivity index (χ0v) is 12.9. The van der Waals surface area contributed by atoms with Gasteiger partial charge < -0.3 is 4.74 Å². The van der Waals surface area contributed by atoms with Crippen LogP contribution < -0.4 is 0 Å². The van der Waals surface area contributed by atoms with Gasteiger partial charge in [0.05, 0.1) is 11.7 Å². The first-order valence-corrected chi connectivity index (χ1v) is 7.82. The summed E-state index contributed by atoms with van der Waals surface area (Å²) in [5, 5.41) is 0. The number of Topliss-reactive ketones (excluding diaryl/α,β-unsaturated/α-hetero) is 1. The highest BCUT2D eigenvalue weighted by Gasteiger charge is 2.35. The molecule has 0 bridgehead atoms. The van der Waals surface area contributed by atoms with Gasteiger partial charge in [-0.05, 0) is 39.5 Å². The molecule has 110 valence electrons. The Morgan fingerprint density at radius 1 is 1.42 bits per heavy atom. The molecule has 0 spiro atoms. The fourth-order valence-electron chi connectivity index (χ4n) is 3.79. The zero-order chi connectivity index (χ0) is 14.0. The van der Waals surface area contributed by atoms with Gasteiger partial charge in [-0.15, -0.1) is 0 Å². The number of ether oxygens (including phenoxy) is 1. The van der Waals surface area contributed by atoms with Gasteiger partial charge >= 0.3 is 0 Å². The number of ketones is 1. The van der Waals surface area contributed by atoms with Gasteiger partial charge in [0, 0.05) is 32.0 Å². The molecule has 1 saturated heterocycles. The van der Waals surface area contributed by atoms with E-state index in [0.29, 0.717) is 5.78 Å². The van der Waals surface area contributed by atoms with Gasteiger partial charge in [-0.25, -0.2) is 0 Å². The van der Waals surface area contributed by atoms with Crippen molar-refractivity contribution in [2.24, 2.45) is 11.8 Å². The Labute approximate surface area is 117 Å². The molecule has 0 N–H and O–H groups in total. The maximum atomic E-state index is 12.1. The van der Waals surface area contributed by atoms with Gasteiger partial charge in [-0.3, -0.25) is 9.69 Å². The van der Waals surface area contributed by atoms with Crippen LogP contribution in [0.1, 0.15) is 53.4 Å². The molecule has 1 saturated carbocycles. The van der Waals surface area contributed by atoms with Gasteiger partial charge in [-0.2, -0.15) is 0 Å². The Hall–Kier alpha value is -0.410. The highest BCUT2D eigenvalue weighted by molar-refractivity contribution is 5.81. The average Bonchev–Trinajstić information content (AvgIpc) is 2.29. The fraction of sp³-hybridized carbons (Fsp3) is 0.938. The summed E-state index contributed by atoms with van der Waals surface area (Å²) in [5.74, 6) is 1.51. The molecule has 2 fully saturated rings. The second kappa shape index (κ2) is 5.92. The highest BCUT2D eigenvalue weighted by Crippen LogP contribution is 2.30. The molecule has 0 aromatic rings. The summed E-state index contributed by atoms with van der Waals surface area (Å²) in [4.78, 5) is 14.6. The van der Waals surface area contributed by atoms with E-state index in [1.54, 1.807) is 0 Å². The van der Waals surface area contributed by atoms with Gasteiger partial charge in [-0.1, -0.05) is 13.3 Å². The van der Waals surface area contributed by atoms with Crippen molar-refractivity contribution in [1.29, 1.82) is 0 Å². The van der Waals surface area contributed by atoms with Crippen molar-refractivity contribution in [3.05, 3.63) is 0 Å². The molecule has 2 aliphatic rings. The lowest BCUT2D eigenvalue weighted by Crippen LogP contribution is -2.53. The lowest BCUT2D eigenvalue weighted by Gasteiger charge is -2.43. The van der Waals surface area contributed by atoms with Gasteiger partial charge in [0.15, 0.2) is 0 Å². The molecule has 1 heterocycles. The fourth-order valence-corrected chi connectivity index (χ4v) is 3.79. The molecule has 3 atom stereocenters. The topological polar surface area (TPSA) is 29.5 Å².